The summed E-state index contributed by atoms with van der Waals surface area (Å²) in [4.78, 5) is 5.20. The topological polar surface area (TPSA) is 26.7 Å². The van der Waals surface area contributed by atoms with Gasteiger partial charge in [0.25, 0.3) is 0 Å². The molecule has 92 valence electrons. The Labute approximate surface area is 98.4 Å². The quantitative estimate of drug-likeness (QED) is 0.760. The first-order valence-corrected chi connectivity index (χ1v) is 7.01. The summed E-state index contributed by atoms with van der Waals surface area (Å²) in [5, 5.41) is 9.92. The highest BCUT2D eigenvalue weighted by molar-refractivity contribution is 4.90. The van der Waals surface area contributed by atoms with Gasteiger partial charge in [0.1, 0.15) is 0 Å². The largest absolute Gasteiger partial charge is 0.391 e. The van der Waals surface area contributed by atoms with E-state index in [9.17, 15) is 5.11 Å². The van der Waals surface area contributed by atoms with Crippen molar-refractivity contribution in [3.05, 3.63) is 0 Å². The van der Waals surface area contributed by atoms with Gasteiger partial charge in [0, 0.05) is 38.3 Å². The van der Waals surface area contributed by atoms with Crippen molar-refractivity contribution in [2.75, 3.05) is 26.2 Å². The summed E-state index contributed by atoms with van der Waals surface area (Å²) < 4.78 is 0. The molecule has 0 bridgehead atoms. The van der Waals surface area contributed by atoms with E-state index in [1.807, 2.05) is 0 Å². The zero-order chi connectivity index (χ0) is 11.0. The molecule has 0 unspecified atom stereocenters. The van der Waals surface area contributed by atoms with Crippen LogP contribution in [0.5, 0.6) is 0 Å². The van der Waals surface area contributed by atoms with Gasteiger partial charge in [-0.1, -0.05) is 6.42 Å². The molecule has 0 aromatic rings. The molecule has 3 rings (SSSR count). The van der Waals surface area contributed by atoms with Gasteiger partial charge in [-0.05, 0) is 32.1 Å². The summed E-state index contributed by atoms with van der Waals surface area (Å²) >= 11 is 0. The second kappa shape index (κ2) is 4.63. The van der Waals surface area contributed by atoms with E-state index < -0.39 is 0 Å². The standard InChI is InChI=1S/C13H24N2O/c16-13-6-2-5-12(13)15-9-7-14(8-10-15)11-3-1-4-11/h11-13,16H,1-10H2/t12-,13-/m1/s1. The van der Waals surface area contributed by atoms with Crippen molar-refractivity contribution >= 4 is 0 Å². The molecule has 1 N–H and O–H groups in total. The molecule has 3 heteroatoms. The number of hydrogen-bond acceptors (Lipinski definition) is 3. The van der Waals surface area contributed by atoms with E-state index in [-0.39, 0.29) is 6.10 Å². The predicted octanol–water partition coefficient (Wildman–Crippen LogP) is 1.07. The molecule has 3 fully saturated rings. The number of aliphatic hydroxyl groups excluding tert-OH is 1. The average molecular weight is 224 g/mol. The molecule has 3 aliphatic rings. The van der Waals surface area contributed by atoms with Crippen molar-refractivity contribution in [2.45, 2.75) is 56.7 Å². The van der Waals surface area contributed by atoms with E-state index in [0.29, 0.717) is 6.04 Å². The van der Waals surface area contributed by atoms with Gasteiger partial charge in [0.15, 0.2) is 0 Å². The number of hydrogen-bond donors (Lipinski definition) is 1. The highest BCUT2D eigenvalue weighted by Gasteiger charge is 2.34. The maximum Gasteiger partial charge on any atom is 0.0695 e. The van der Waals surface area contributed by atoms with Gasteiger partial charge < -0.3 is 5.11 Å². The Morgan fingerprint density at radius 3 is 1.88 bits per heavy atom. The summed E-state index contributed by atoms with van der Waals surface area (Å²) in [5.41, 5.74) is 0. The van der Waals surface area contributed by atoms with Crippen molar-refractivity contribution in [1.29, 1.82) is 0 Å². The summed E-state index contributed by atoms with van der Waals surface area (Å²) in [7, 11) is 0. The Balaban J connectivity index is 1.49. The minimum absolute atomic E-state index is 0.0461. The Kier molecular flexibility index (Phi) is 3.18. The van der Waals surface area contributed by atoms with Crippen LogP contribution in [0, 0.1) is 0 Å². The van der Waals surface area contributed by atoms with E-state index in [2.05, 4.69) is 9.80 Å². The molecule has 1 heterocycles. The summed E-state index contributed by atoms with van der Waals surface area (Å²) in [6, 6.07) is 1.37. The van der Waals surface area contributed by atoms with Crippen molar-refractivity contribution in [3.8, 4) is 0 Å². The lowest BCUT2D eigenvalue weighted by atomic mass is 9.91. The van der Waals surface area contributed by atoms with Crippen LogP contribution in [0.4, 0.5) is 0 Å². The van der Waals surface area contributed by atoms with Gasteiger partial charge in [-0.2, -0.15) is 0 Å². The molecule has 0 radical (unpaired) electrons. The van der Waals surface area contributed by atoms with Crippen LogP contribution in [0.15, 0.2) is 0 Å². The molecular weight excluding hydrogens is 200 g/mol. The van der Waals surface area contributed by atoms with Gasteiger partial charge in [0.05, 0.1) is 6.10 Å². The lowest BCUT2D eigenvalue weighted by Crippen LogP contribution is -2.55. The summed E-state index contributed by atoms with van der Waals surface area (Å²) in [6.45, 7) is 4.82. The first-order valence-electron chi connectivity index (χ1n) is 7.01. The molecule has 0 aromatic heterocycles. The fourth-order valence-corrected chi connectivity index (χ4v) is 3.53. The molecule has 1 aliphatic heterocycles. The van der Waals surface area contributed by atoms with E-state index in [0.717, 1.165) is 12.5 Å². The van der Waals surface area contributed by atoms with E-state index in [4.69, 9.17) is 0 Å². The number of nitrogens with zero attached hydrogens (tertiary/aromatic N) is 2. The fourth-order valence-electron chi connectivity index (χ4n) is 3.53. The monoisotopic (exact) mass is 224 g/mol. The summed E-state index contributed by atoms with van der Waals surface area (Å²) in [6.07, 6.45) is 7.69. The lowest BCUT2D eigenvalue weighted by Gasteiger charge is -2.45. The molecule has 0 amide bonds. The molecule has 0 aromatic carbocycles. The third-order valence-electron chi connectivity index (χ3n) is 4.85. The van der Waals surface area contributed by atoms with E-state index in [1.54, 1.807) is 0 Å². The Morgan fingerprint density at radius 2 is 1.38 bits per heavy atom. The van der Waals surface area contributed by atoms with Gasteiger partial charge in [-0.3, -0.25) is 9.80 Å². The van der Waals surface area contributed by atoms with E-state index in [1.165, 1.54) is 58.3 Å². The number of aliphatic hydroxyl groups is 1. The van der Waals surface area contributed by atoms with Crippen LogP contribution in [0.2, 0.25) is 0 Å². The second-order valence-electron chi connectivity index (χ2n) is 5.72. The van der Waals surface area contributed by atoms with E-state index >= 15 is 0 Å². The van der Waals surface area contributed by atoms with Gasteiger partial charge in [-0.25, -0.2) is 0 Å². The maximum atomic E-state index is 9.92. The minimum atomic E-state index is -0.0461. The third-order valence-corrected chi connectivity index (χ3v) is 4.85. The molecular formula is C13H24N2O. The van der Waals surface area contributed by atoms with Gasteiger partial charge in [-0.15, -0.1) is 0 Å². The number of rotatable bonds is 2. The SMILES string of the molecule is O[C@@H]1CCC[C@H]1N1CCN(C2CCC2)CC1. The van der Waals surface area contributed by atoms with Crippen molar-refractivity contribution in [2.24, 2.45) is 0 Å². The van der Waals surface area contributed by atoms with Crippen molar-refractivity contribution in [3.63, 3.8) is 0 Å². The third kappa shape index (κ3) is 2.01. The fraction of sp³-hybridized carbons (Fsp3) is 1.00. The zero-order valence-corrected chi connectivity index (χ0v) is 10.1. The highest BCUT2D eigenvalue weighted by Crippen LogP contribution is 2.28. The van der Waals surface area contributed by atoms with Crippen LogP contribution in [0.1, 0.15) is 38.5 Å². The first-order chi connectivity index (χ1) is 7.84. The Morgan fingerprint density at radius 1 is 0.750 bits per heavy atom. The van der Waals surface area contributed by atoms with Crippen LogP contribution in [0.25, 0.3) is 0 Å². The zero-order valence-electron chi connectivity index (χ0n) is 10.1. The first kappa shape index (κ1) is 11.0. The Bertz CT molecular complexity index is 234. The van der Waals surface area contributed by atoms with Gasteiger partial charge >= 0.3 is 0 Å². The Hall–Kier alpha value is -0.120. The van der Waals surface area contributed by atoms with Crippen molar-refractivity contribution < 1.29 is 5.11 Å². The molecule has 2 saturated carbocycles. The molecule has 2 aliphatic carbocycles. The summed E-state index contributed by atoms with van der Waals surface area (Å²) in [5.74, 6) is 0. The molecule has 0 spiro atoms. The van der Waals surface area contributed by atoms with Gasteiger partial charge in [0.2, 0.25) is 0 Å². The van der Waals surface area contributed by atoms with Crippen LogP contribution in [-0.2, 0) is 0 Å². The van der Waals surface area contributed by atoms with Crippen LogP contribution >= 0.6 is 0 Å². The lowest BCUT2D eigenvalue weighted by molar-refractivity contribution is 0.0107. The normalized spacial score (nSPS) is 38.8. The molecule has 3 nitrogen and oxygen atoms in total. The maximum absolute atomic E-state index is 9.92. The molecule has 16 heavy (non-hydrogen) atoms. The highest BCUT2D eigenvalue weighted by atomic mass is 16.3. The molecule has 2 atom stereocenters. The predicted molar refractivity (Wildman–Crippen MR) is 64.4 cm³/mol. The van der Waals surface area contributed by atoms with Crippen LogP contribution in [-0.4, -0.2) is 59.3 Å². The molecule has 1 saturated heterocycles. The van der Waals surface area contributed by atoms with Crippen LogP contribution in [0.3, 0.4) is 0 Å². The second-order valence-corrected chi connectivity index (χ2v) is 5.72. The smallest absolute Gasteiger partial charge is 0.0695 e. The van der Waals surface area contributed by atoms with Crippen LogP contribution < -0.4 is 0 Å². The minimum Gasteiger partial charge on any atom is -0.391 e. The average Bonchev–Trinajstić information content (AvgIpc) is 2.63. The van der Waals surface area contributed by atoms with Crippen molar-refractivity contribution in [1.82, 2.24) is 9.80 Å². The number of piperazine rings is 1.